The molecular formula is C19H29N3O3. The van der Waals surface area contributed by atoms with E-state index in [1.807, 2.05) is 0 Å². The van der Waals surface area contributed by atoms with E-state index in [-0.39, 0.29) is 24.9 Å². The lowest BCUT2D eigenvalue weighted by Crippen LogP contribution is -2.40. The van der Waals surface area contributed by atoms with Crippen molar-refractivity contribution >= 4 is 17.5 Å². The van der Waals surface area contributed by atoms with Crippen LogP contribution in [0.15, 0.2) is 24.3 Å². The summed E-state index contributed by atoms with van der Waals surface area (Å²) in [4.78, 5) is 25.8. The van der Waals surface area contributed by atoms with Crippen molar-refractivity contribution in [1.82, 2.24) is 10.2 Å². The zero-order valence-electron chi connectivity index (χ0n) is 15.2. The highest BCUT2D eigenvalue weighted by Gasteiger charge is 2.15. The van der Waals surface area contributed by atoms with Crippen LogP contribution in [0.4, 0.5) is 5.69 Å². The summed E-state index contributed by atoms with van der Waals surface area (Å²) in [7, 11) is 3.37. The maximum Gasteiger partial charge on any atom is 0.238 e. The number of ether oxygens (including phenoxy) is 1. The molecule has 1 aromatic carbocycles. The second-order valence-electron chi connectivity index (χ2n) is 6.76. The molecule has 0 aliphatic heterocycles. The molecule has 2 rings (SSSR count). The Bertz CT molecular complexity index is 554. The molecule has 1 aliphatic carbocycles. The fourth-order valence-corrected chi connectivity index (χ4v) is 3.13. The van der Waals surface area contributed by atoms with Gasteiger partial charge in [0.05, 0.1) is 20.2 Å². The van der Waals surface area contributed by atoms with E-state index in [0.717, 1.165) is 12.3 Å². The van der Waals surface area contributed by atoms with Gasteiger partial charge in [0.25, 0.3) is 0 Å². The molecule has 1 saturated carbocycles. The summed E-state index contributed by atoms with van der Waals surface area (Å²) < 4.78 is 5.08. The first-order chi connectivity index (χ1) is 12.1. The number of amides is 2. The molecule has 0 bridgehead atoms. The monoisotopic (exact) mass is 347 g/mol. The van der Waals surface area contributed by atoms with Gasteiger partial charge in [-0.1, -0.05) is 19.3 Å². The first-order valence-corrected chi connectivity index (χ1v) is 8.96. The Kier molecular flexibility index (Phi) is 7.73. The van der Waals surface area contributed by atoms with Gasteiger partial charge in [0, 0.05) is 12.2 Å². The minimum Gasteiger partial charge on any atom is -0.497 e. The number of carbonyl (C=O) groups excluding carboxylic acids is 2. The molecule has 0 spiro atoms. The molecule has 138 valence electrons. The lowest BCUT2D eigenvalue weighted by Gasteiger charge is -2.22. The second-order valence-corrected chi connectivity index (χ2v) is 6.76. The topological polar surface area (TPSA) is 70.7 Å². The van der Waals surface area contributed by atoms with Gasteiger partial charge in [-0.2, -0.15) is 0 Å². The molecule has 0 heterocycles. The third kappa shape index (κ3) is 7.13. The maximum atomic E-state index is 12.0. The van der Waals surface area contributed by atoms with E-state index in [0.29, 0.717) is 11.6 Å². The average molecular weight is 347 g/mol. The first kappa shape index (κ1) is 19.2. The van der Waals surface area contributed by atoms with Gasteiger partial charge in [0.1, 0.15) is 5.75 Å². The molecule has 1 fully saturated rings. The summed E-state index contributed by atoms with van der Waals surface area (Å²) in [5.41, 5.74) is 0.709. The minimum atomic E-state index is -0.146. The molecule has 6 heteroatoms. The van der Waals surface area contributed by atoms with Gasteiger partial charge >= 0.3 is 0 Å². The lowest BCUT2D eigenvalue weighted by molar-refractivity contribution is -0.123. The lowest BCUT2D eigenvalue weighted by atomic mass is 9.89. The Balaban J connectivity index is 1.66. The van der Waals surface area contributed by atoms with Crippen LogP contribution in [0, 0.1) is 5.92 Å². The smallest absolute Gasteiger partial charge is 0.238 e. The standard InChI is InChI=1S/C19H29N3O3/c1-22(13-18(23)20-12-15-6-4-3-5-7-15)14-19(24)21-16-8-10-17(25-2)11-9-16/h8-11,15H,3-7,12-14H2,1-2H3,(H,20,23)(H,21,24). The maximum absolute atomic E-state index is 12.0. The number of likely N-dealkylation sites (N-methyl/N-ethyl adjacent to an activating group) is 1. The number of anilines is 1. The number of hydrogen-bond acceptors (Lipinski definition) is 4. The third-order valence-corrected chi connectivity index (χ3v) is 4.51. The molecule has 25 heavy (non-hydrogen) atoms. The van der Waals surface area contributed by atoms with E-state index in [2.05, 4.69) is 10.6 Å². The Morgan fingerprint density at radius 1 is 1.08 bits per heavy atom. The predicted molar refractivity (Wildman–Crippen MR) is 98.7 cm³/mol. The Morgan fingerprint density at radius 2 is 1.72 bits per heavy atom. The van der Waals surface area contributed by atoms with E-state index in [1.165, 1.54) is 32.1 Å². The molecule has 1 aromatic rings. The summed E-state index contributed by atoms with van der Waals surface area (Å²) in [5, 5.41) is 5.81. The number of nitrogens with one attached hydrogen (secondary N) is 2. The van der Waals surface area contributed by atoms with E-state index in [9.17, 15) is 9.59 Å². The SMILES string of the molecule is COc1ccc(NC(=O)CN(C)CC(=O)NCC2CCCCC2)cc1. The van der Waals surface area contributed by atoms with E-state index >= 15 is 0 Å². The van der Waals surface area contributed by atoms with Crippen molar-refractivity contribution in [1.29, 1.82) is 0 Å². The van der Waals surface area contributed by atoms with Gasteiger partial charge in [0.2, 0.25) is 11.8 Å². The van der Waals surface area contributed by atoms with Crippen LogP contribution in [0.5, 0.6) is 5.75 Å². The van der Waals surface area contributed by atoms with Gasteiger partial charge in [0.15, 0.2) is 0 Å². The minimum absolute atomic E-state index is 0.0229. The van der Waals surface area contributed by atoms with Crippen LogP contribution >= 0.6 is 0 Å². The number of nitrogens with zero attached hydrogens (tertiary/aromatic N) is 1. The summed E-state index contributed by atoms with van der Waals surface area (Å²) in [6.45, 7) is 1.15. The largest absolute Gasteiger partial charge is 0.497 e. The molecule has 2 amide bonds. The Morgan fingerprint density at radius 3 is 2.36 bits per heavy atom. The zero-order chi connectivity index (χ0) is 18.1. The highest BCUT2D eigenvalue weighted by Crippen LogP contribution is 2.22. The molecular weight excluding hydrogens is 318 g/mol. The summed E-state index contributed by atoms with van der Waals surface area (Å²) in [6, 6.07) is 7.15. The van der Waals surface area contributed by atoms with Crippen molar-refractivity contribution < 1.29 is 14.3 Å². The van der Waals surface area contributed by atoms with Crippen molar-refractivity contribution in [2.24, 2.45) is 5.92 Å². The van der Waals surface area contributed by atoms with Crippen LogP contribution < -0.4 is 15.4 Å². The Labute approximate surface area is 149 Å². The zero-order valence-corrected chi connectivity index (χ0v) is 15.2. The first-order valence-electron chi connectivity index (χ1n) is 8.96. The van der Waals surface area contributed by atoms with Crippen molar-refractivity contribution in [3.8, 4) is 5.75 Å². The van der Waals surface area contributed by atoms with Crippen LogP contribution in [0.2, 0.25) is 0 Å². The normalized spacial score (nSPS) is 15.0. The molecule has 1 aliphatic rings. The van der Waals surface area contributed by atoms with Crippen LogP contribution in [-0.2, 0) is 9.59 Å². The fraction of sp³-hybridized carbons (Fsp3) is 0.579. The van der Waals surface area contributed by atoms with Crippen molar-refractivity contribution in [3.63, 3.8) is 0 Å². The van der Waals surface area contributed by atoms with Gasteiger partial charge in [-0.05, 0) is 50.1 Å². The van der Waals surface area contributed by atoms with E-state index in [4.69, 9.17) is 4.74 Å². The predicted octanol–water partition coefficient (Wildman–Crippen LogP) is 2.26. The van der Waals surface area contributed by atoms with E-state index < -0.39 is 0 Å². The van der Waals surface area contributed by atoms with Crippen LogP contribution in [0.3, 0.4) is 0 Å². The van der Waals surface area contributed by atoms with Crippen LogP contribution in [0.1, 0.15) is 32.1 Å². The van der Waals surface area contributed by atoms with Crippen LogP contribution in [0.25, 0.3) is 0 Å². The number of hydrogen-bond donors (Lipinski definition) is 2. The molecule has 0 saturated heterocycles. The second kappa shape index (κ2) is 10.0. The molecule has 0 unspecified atom stereocenters. The fourth-order valence-electron chi connectivity index (χ4n) is 3.13. The molecule has 0 aromatic heterocycles. The van der Waals surface area contributed by atoms with E-state index in [1.54, 1.807) is 43.3 Å². The van der Waals surface area contributed by atoms with Crippen LogP contribution in [-0.4, -0.2) is 50.5 Å². The van der Waals surface area contributed by atoms with Crippen molar-refractivity contribution in [2.75, 3.05) is 39.1 Å². The van der Waals surface area contributed by atoms with Crippen molar-refractivity contribution in [3.05, 3.63) is 24.3 Å². The number of methoxy groups -OCH3 is 1. The molecule has 0 radical (unpaired) electrons. The molecule has 6 nitrogen and oxygen atoms in total. The summed E-state index contributed by atoms with van der Waals surface area (Å²) >= 11 is 0. The highest BCUT2D eigenvalue weighted by molar-refractivity contribution is 5.92. The quantitative estimate of drug-likeness (QED) is 0.757. The van der Waals surface area contributed by atoms with Gasteiger partial charge < -0.3 is 15.4 Å². The van der Waals surface area contributed by atoms with Gasteiger partial charge in [-0.3, -0.25) is 14.5 Å². The van der Waals surface area contributed by atoms with Gasteiger partial charge in [-0.15, -0.1) is 0 Å². The number of benzene rings is 1. The summed E-state index contributed by atoms with van der Waals surface area (Å²) in [6.07, 6.45) is 6.27. The summed E-state index contributed by atoms with van der Waals surface area (Å²) in [5.74, 6) is 1.18. The number of carbonyl (C=O) groups is 2. The molecule has 2 N–H and O–H groups in total. The van der Waals surface area contributed by atoms with Gasteiger partial charge in [-0.25, -0.2) is 0 Å². The van der Waals surface area contributed by atoms with Crippen molar-refractivity contribution in [2.45, 2.75) is 32.1 Å². The molecule has 0 atom stereocenters. The average Bonchev–Trinajstić information content (AvgIpc) is 2.61. The number of rotatable bonds is 8. The third-order valence-electron chi connectivity index (χ3n) is 4.51. The highest BCUT2D eigenvalue weighted by atomic mass is 16.5. The Hall–Kier alpha value is -2.08.